The zero-order chi connectivity index (χ0) is 12.8. The van der Waals surface area contributed by atoms with E-state index in [0.29, 0.717) is 19.0 Å². The maximum atomic E-state index is 11.9. The van der Waals surface area contributed by atoms with Crippen LogP contribution in [0.1, 0.15) is 27.2 Å². The first-order chi connectivity index (χ1) is 7.78. The van der Waals surface area contributed by atoms with Gasteiger partial charge < -0.3 is 15.0 Å². The minimum Gasteiger partial charge on any atom is -0.444 e. The van der Waals surface area contributed by atoms with Gasteiger partial charge in [-0.15, -0.1) is 0 Å². The quantitative estimate of drug-likeness (QED) is 0.743. The summed E-state index contributed by atoms with van der Waals surface area (Å²) in [5, 5.41) is 2.68. The lowest BCUT2D eigenvalue weighted by Gasteiger charge is -2.26. The predicted octanol–water partition coefficient (Wildman–Crippen LogP) is 0.989. The van der Waals surface area contributed by atoms with Crippen LogP contribution in [0.3, 0.4) is 0 Å². The molecule has 1 saturated carbocycles. The number of hydrogen-bond donors (Lipinski definition) is 1. The summed E-state index contributed by atoms with van der Waals surface area (Å²) in [7, 11) is 1.64. The van der Waals surface area contributed by atoms with E-state index in [4.69, 9.17) is 4.74 Å². The third-order valence-corrected chi connectivity index (χ3v) is 3.48. The van der Waals surface area contributed by atoms with Crippen LogP contribution < -0.4 is 5.32 Å². The van der Waals surface area contributed by atoms with Gasteiger partial charge in [-0.25, -0.2) is 4.79 Å². The molecule has 5 nitrogen and oxygen atoms in total. The Morgan fingerprint density at radius 3 is 2.59 bits per heavy atom. The van der Waals surface area contributed by atoms with Crippen molar-refractivity contribution in [3.8, 4) is 0 Å². The van der Waals surface area contributed by atoms with Gasteiger partial charge in [-0.05, 0) is 33.1 Å². The van der Waals surface area contributed by atoms with Gasteiger partial charge in [0.2, 0.25) is 5.91 Å². The van der Waals surface area contributed by atoms with Crippen LogP contribution in [-0.4, -0.2) is 42.6 Å². The van der Waals surface area contributed by atoms with Gasteiger partial charge in [-0.3, -0.25) is 4.79 Å². The number of ether oxygens (including phenoxy) is 1. The fourth-order valence-corrected chi connectivity index (χ4v) is 2.55. The summed E-state index contributed by atoms with van der Waals surface area (Å²) in [5.41, 5.74) is -0.810. The van der Waals surface area contributed by atoms with E-state index >= 15 is 0 Å². The second-order valence-corrected chi connectivity index (χ2v) is 6.00. The number of piperidine rings is 1. The van der Waals surface area contributed by atoms with Crippen LogP contribution in [-0.2, 0) is 9.53 Å². The molecule has 0 radical (unpaired) electrons. The molecule has 1 aliphatic carbocycles. The Hall–Kier alpha value is -1.26. The third kappa shape index (κ3) is 2.10. The first kappa shape index (κ1) is 12.2. The fourth-order valence-electron chi connectivity index (χ4n) is 2.55. The molecule has 96 valence electrons. The van der Waals surface area contributed by atoms with Crippen molar-refractivity contribution >= 4 is 12.0 Å². The zero-order valence-corrected chi connectivity index (χ0v) is 10.9. The summed E-state index contributed by atoms with van der Waals surface area (Å²) >= 11 is 0. The molecule has 17 heavy (non-hydrogen) atoms. The van der Waals surface area contributed by atoms with Gasteiger partial charge in [0, 0.05) is 20.1 Å². The van der Waals surface area contributed by atoms with Crippen LogP contribution in [0.15, 0.2) is 0 Å². The average Bonchev–Trinajstić information content (AvgIpc) is 2.78. The molecular weight excluding hydrogens is 220 g/mol. The summed E-state index contributed by atoms with van der Waals surface area (Å²) in [6.45, 7) is 6.66. The van der Waals surface area contributed by atoms with Gasteiger partial charge in [-0.2, -0.15) is 0 Å². The topological polar surface area (TPSA) is 58.6 Å². The van der Waals surface area contributed by atoms with E-state index in [1.807, 2.05) is 20.8 Å². The number of nitrogens with zero attached hydrogens (tertiary/aromatic N) is 1. The number of carbonyl (C=O) groups is 2. The standard InChI is InChI=1S/C12H20N2O3/c1-11(2,3)17-10(16)14-6-8-5-12(8,7-14)9(15)13-4/h8H,5-7H2,1-4H3,(H,13,15)/t8-,12-/m1/s1. The molecule has 2 atom stereocenters. The van der Waals surface area contributed by atoms with Crippen molar-refractivity contribution < 1.29 is 14.3 Å². The molecule has 2 aliphatic rings. The van der Waals surface area contributed by atoms with Gasteiger partial charge in [0.25, 0.3) is 0 Å². The molecule has 2 amide bonds. The van der Waals surface area contributed by atoms with Crippen LogP contribution in [0.5, 0.6) is 0 Å². The van der Waals surface area contributed by atoms with Crippen LogP contribution >= 0.6 is 0 Å². The Morgan fingerprint density at radius 1 is 1.41 bits per heavy atom. The summed E-state index contributed by atoms with van der Waals surface area (Å²) in [5.74, 6) is 0.364. The largest absolute Gasteiger partial charge is 0.444 e. The molecule has 5 heteroatoms. The van der Waals surface area contributed by atoms with Crippen LogP contribution in [0.2, 0.25) is 0 Å². The van der Waals surface area contributed by atoms with Crippen molar-refractivity contribution in [1.82, 2.24) is 10.2 Å². The highest BCUT2D eigenvalue weighted by molar-refractivity contribution is 5.87. The van der Waals surface area contributed by atoms with E-state index < -0.39 is 5.60 Å². The SMILES string of the molecule is CNC(=O)[C@@]12C[C@@H]1CN(C(=O)OC(C)(C)C)C2. The number of fused-ring (bicyclic) bond motifs is 1. The molecule has 1 heterocycles. The minimum absolute atomic E-state index is 0.0496. The lowest BCUT2D eigenvalue weighted by molar-refractivity contribution is -0.125. The normalized spacial score (nSPS) is 30.8. The molecule has 0 unspecified atom stereocenters. The molecular formula is C12H20N2O3. The molecule has 0 aromatic rings. The predicted molar refractivity (Wildman–Crippen MR) is 62.4 cm³/mol. The monoisotopic (exact) mass is 240 g/mol. The van der Waals surface area contributed by atoms with Crippen LogP contribution in [0.4, 0.5) is 4.79 Å². The Bertz CT molecular complexity index is 361. The Morgan fingerprint density at radius 2 is 2.06 bits per heavy atom. The molecule has 2 fully saturated rings. The average molecular weight is 240 g/mol. The highest BCUT2D eigenvalue weighted by Crippen LogP contribution is 2.57. The van der Waals surface area contributed by atoms with E-state index in [-0.39, 0.29) is 17.4 Å². The third-order valence-electron chi connectivity index (χ3n) is 3.48. The van der Waals surface area contributed by atoms with E-state index in [9.17, 15) is 9.59 Å². The zero-order valence-electron chi connectivity index (χ0n) is 10.9. The minimum atomic E-state index is -0.482. The highest BCUT2D eigenvalue weighted by Gasteiger charge is 2.65. The van der Waals surface area contributed by atoms with Crippen molar-refractivity contribution in [2.45, 2.75) is 32.8 Å². The van der Waals surface area contributed by atoms with Gasteiger partial charge in [0.1, 0.15) is 5.60 Å². The molecule has 1 saturated heterocycles. The molecule has 1 aliphatic heterocycles. The number of likely N-dealkylation sites (tertiary alicyclic amines) is 1. The Kier molecular flexibility index (Phi) is 2.60. The van der Waals surface area contributed by atoms with Crippen LogP contribution in [0.25, 0.3) is 0 Å². The molecule has 0 aromatic heterocycles. The van der Waals surface area contributed by atoms with Crippen molar-refractivity contribution in [2.24, 2.45) is 11.3 Å². The first-order valence-electron chi connectivity index (χ1n) is 5.98. The molecule has 1 N–H and O–H groups in total. The fraction of sp³-hybridized carbons (Fsp3) is 0.833. The van der Waals surface area contributed by atoms with Crippen molar-refractivity contribution in [3.05, 3.63) is 0 Å². The molecule has 0 bridgehead atoms. The Balaban J connectivity index is 1.96. The van der Waals surface area contributed by atoms with E-state index in [1.54, 1.807) is 11.9 Å². The Labute approximate surface area is 101 Å². The number of carbonyl (C=O) groups excluding carboxylic acids is 2. The van der Waals surface area contributed by atoms with Crippen molar-refractivity contribution in [3.63, 3.8) is 0 Å². The second kappa shape index (κ2) is 3.62. The maximum Gasteiger partial charge on any atom is 0.410 e. The van der Waals surface area contributed by atoms with Crippen molar-refractivity contribution in [2.75, 3.05) is 20.1 Å². The van der Waals surface area contributed by atoms with Gasteiger partial charge in [0.15, 0.2) is 0 Å². The summed E-state index contributed by atoms with van der Waals surface area (Å²) in [6.07, 6.45) is 0.583. The number of hydrogen-bond acceptors (Lipinski definition) is 3. The molecule has 2 rings (SSSR count). The smallest absolute Gasteiger partial charge is 0.410 e. The number of amides is 2. The maximum absolute atomic E-state index is 11.9. The summed E-state index contributed by atoms with van der Waals surface area (Å²) < 4.78 is 5.30. The van der Waals surface area contributed by atoms with Crippen molar-refractivity contribution in [1.29, 1.82) is 0 Å². The molecule has 0 spiro atoms. The lowest BCUT2D eigenvalue weighted by Crippen LogP contribution is -2.40. The highest BCUT2D eigenvalue weighted by atomic mass is 16.6. The van der Waals surface area contributed by atoms with Gasteiger partial charge >= 0.3 is 6.09 Å². The second-order valence-electron chi connectivity index (χ2n) is 6.00. The van der Waals surface area contributed by atoms with Gasteiger partial charge in [-0.1, -0.05) is 0 Å². The van der Waals surface area contributed by atoms with Crippen LogP contribution in [0, 0.1) is 11.3 Å². The summed E-state index contributed by atoms with van der Waals surface area (Å²) in [6, 6.07) is 0. The summed E-state index contributed by atoms with van der Waals surface area (Å²) in [4.78, 5) is 25.2. The first-order valence-corrected chi connectivity index (χ1v) is 5.98. The van der Waals surface area contributed by atoms with E-state index in [2.05, 4.69) is 5.32 Å². The van der Waals surface area contributed by atoms with Gasteiger partial charge in [0.05, 0.1) is 5.41 Å². The molecule has 0 aromatic carbocycles. The number of rotatable bonds is 1. The lowest BCUT2D eigenvalue weighted by atomic mass is 10.1. The van der Waals surface area contributed by atoms with E-state index in [1.165, 1.54) is 0 Å². The number of nitrogens with one attached hydrogen (secondary N) is 1. The van der Waals surface area contributed by atoms with E-state index in [0.717, 1.165) is 6.42 Å².